The van der Waals surface area contributed by atoms with E-state index in [9.17, 15) is 4.79 Å². The Kier molecular flexibility index (Phi) is 6.80. The van der Waals surface area contributed by atoms with Crippen LogP contribution < -0.4 is 10.2 Å². The van der Waals surface area contributed by atoms with Crippen LogP contribution in [0.25, 0.3) is 11.0 Å². The second-order valence-electron chi connectivity index (χ2n) is 6.57. The Balaban J connectivity index is 1.36. The number of hydrogen-bond acceptors (Lipinski definition) is 4. The summed E-state index contributed by atoms with van der Waals surface area (Å²) in [7, 11) is 0. The van der Waals surface area contributed by atoms with Crippen LogP contribution in [-0.4, -0.2) is 12.1 Å². The Morgan fingerprint density at radius 3 is 2.68 bits per heavy atom. The zero-order valence-electron chi connectivity index (χ0n) is 15.9. The average Bonchev–Trinajstić information content (AvgIpc) is 3.20. The molecule has 156 valence electrons. The van der Waals surface area contributed by atoms with E-state index < -0.39 is 5.91 Å². The molecule has 0 fully saturated rings. The predicted octanol–water partition coefficient (Wildman–Crippen LogP) is 6.69. The molecule has 0 aliphatic carbocycles. The number of carbonyl (C=O) groups is 1. The molecule has 1 aromatic heterocycles. The topological polar surface area (TPSA) is 63.8 Å². The fraction of sp³-hybridized carbons (Fsp3) is 0.0435. The zero-order chi connectivity index (χ0) is 21.8. The molecular weight excluding hydrogens is 550 g/mol. The molecule has 0 saturated heterocycles. The second-order valence-corrected chi connectivity index (χ2v) is 8.55. The van der Waals surface area contributed by atoms with E-state index in [1.54, 1.807) is 24.4 Å². The van der Waals surface area contributed by atoms with Gasteiger partial charge in [0.2, 0.25) is 0 Å². The van der Waals surface area contributed by atoms with Crippen LogP contribution in [0.4, 0.5) is 0 Å². The summed E-state index contributed by atoms with van der Waals surface area (Å²) in [6.45, 7) is 0.369. The van der Waals surface area contributed by atoms with Crippen LogP contribution in [-0.2, 0) is 6.61 Å². The van der Waals surface area contributed by atoms with Gasteiger partial charge in [0.05, 0.1) is 19.8 Å². The van der Waals surface area contributed by atoms with Gasteiger partial charge in [0.1, 0.15) is 17.9 Å². The van der Waals surface area contributed by atoms with Gasteiger partial charge >= 0.3 is 5.91 Å². The number of rotatable bonds is 6. The van der Waals surface area contributed by atoms with Gasteiger partial charge in [0.15, 0.2) is 5.76 Å². The summed E-state index contributed by atoms with van der Waals surface area (Å²) in [6, 6.07) is 20.1. The van der Waals surface area contributed by atoms with Crippen molar-refractivity contribution in [3.63, 3.8) is 0 Å². The minimum atomic E-state index is -0.413. The van der Waals surface area contributed by atoms with Crippen LogP contribution >= 0.6 is 45.8 Å². The summed E-state index contributed by atoms with van der Waals surface area (Å²) in [4.78, 5) is 12.2. The number of furan rings is 1. The van der Waals surface area contributed by atoms with Crippen molar-refractivity contribution >= 4 is 68.9 Å². The number of halogens is 3. The van der Waals surface area contributed by atoms with Gasteiger partial charge in [-0.3, -0.25) is 4.79 Å². The number of hydrazone groups is 1. The maximum absolute atomic E-state index is 12.2. The molecule has 8 heteroatoms. The Morgan fingerprint density at radius 1 is 1.06 bits per heavy atom. The van der Waals surface area contributed by atoms with E-state index >= 15 is 0 Å². The van der Waals surface area contributed by atoms with Crippen molar-refractivity contribution in [2.45, 2.75) is 6.61 Å². The highest BCUT2D eigenvalue weighted by Gasteiger charge is 2.11. The third-order valence-electron chi connectivity index (χ3n) is 4.36. The molecule has 0 aliphatic rings. The molecule has 0 spiro atoms. The lowest BCUT2D eigenvalue weighted by atomic mass is 10.2. The lowest BCUT2D eigenvalue weighted by Gasteiger charge is -2.09. The number of hydrogen-bond donors (Lipinski definition) is 1. The Hall–Kier alpha value is -2.55. The summed E-state index contributed by atoms with van der Waals surface area (Å²) >= 11 is 14.2. The fourth-order valence-corrected chi connectivity index (χ4v) is 3.84. The predicted molar refractivity (Wildman–Crippen MR) is 131 cm³/mol. The van der Waals surface area contributed by atoms with Crippen molar-refractivity contribution in [2.75, 3.05) is 0 Å². The first-order valence-electron chi connectivity index (χ1n) is 9.18. The van der Waals surface area contributed by atoms with Crippen molar-refractivity contribution in [3.8, 4) is 5.75 Å². The minimum Gasteiger partial charge on any atom is -0.488 e. The lowest BCUT2D eigenvalue weighted by molar-refractivity contribution is 0.0929. The third-order valence-corrected chi connectivity index (χ3v) is 5.95. The smallest absolute Gasteiger partial charge is 0.307 e. The molecule has 1 heterocycles. The number of nitrogens with one attached hydrogen (secondary N) is 1. The van der Waals surface area contributed by atoms with E-state index in [1.807, 2.05) is 48.5 Å². The van der Waals surface area contributed by atoms with Gasteiger partial charge in [-0.2, -0.15) is 5.10 Å². The van der Waals surface area contributed by atoms with Gasteiger partial charge in [0, 0.05) is 5.39 Å². The number of amides is 1. The van der Waals surface area contributed by atoms with Gasteiger partial charge in [-0.15, -0.1) is 0 Å². The van der Waals surface area contributed by atoms with Crippen molar-refractivity contribution in [1.29, 1.82) is 0 Å². The fourth-order valence-electron chi connectivity index (χ4n) is 2.82. The Morgan fingerprint density at radius 2 is 1.90 bits per heavy atom. The maximum atomic E-state index is 12.2. The van der Waals surface area contributed by atoms with E-state index in [0.717, 1.165) is 25.8 Å². The van der Waals surface area contributed by atoms with Crippen LogP contribution in [0.3, 0.4) is 0 Å². The molecule has 4 aromatic rings. The molecule has 0 atom stereocenters. The molecule has 0 aliphatic heterocycles. The highest BCUT2D eigenvalue weighted by atomic mass is 127. The highest BCUT2D eigenvalue weighted by molar-refractivity contribution is 14.1. The summed E-state index contributed by atoms with van der Waals surface area (Å²) in [5.74, 6) is 0.526. The summed E-state index contributed by atoms with van der Waals surface area (Å²) < 4.78 is 12.3. The third kappa shape index (κ3) is 5.39. The summed E-state index contributed by atoms with van der Waals surface area (Å²) in [5, 5.41) is 5.88. The van der Waals surface area contributed by atoms with Gasteiger partial charge in [-0.25, -0.2) is 5.43 Å². The lowest BCUT2D eigenvalue weighted by Crippen LogP contribution is -2.16. The van der Waals surface area contributed by atoms with E-state index in [4.69, 9.17) is 32.4 Å². The average molecular weight is 565 g/mol. The quantitative estimate of drug-likeness (QED) is 0.161. The molecule has 31 heavy (non-hydrogen) atoms. The Bertz CT molecular complexity index is 1250. The SMILES string of the molecule is O=C(N/N=C/c1ccc(OCc2ccc(Cl)c(Cl)c2)c(I)c1)c1cc2ccccc2o1. The number of para-hydroxylation sites is 1. The molecule has 0 unspecified atom stereocenters. The molecule has 0 bridgehead atoms. The number of benzene rings is 3. The number of carbonyl (C=O) groups excluding carboxylic acids is 1. The van der Waals surface area contributed by atoms with Crippen molar-refractivity contribution in [3.05, 3.63) is 97.2 Å². The molecule has 0 radical (unpaired) electrons. The minimum absolute atomic E-state index is 0.207. The van der Waals surface area contributed by atoms with Gasteiger partial charge in [-0.05, 0) is 76.2 Å². The molecular formula is C23H15Cl2IN2O3. The van der Waals surface area contributed by atoms with Crippen molar-refractivity contribution < 1.29 is 13.9 Å². The summed E-state index contributed by atoms with van der Waals surface area (Å²) in [6.07, 6.45) is 1.56. The first kappa shape index (κ1) is 21.7. The number of nitrogens with zero attached hydrogens (tertiary/aromatic N) is 1. The second kappa shape index (κ2) is 9.72. The monoisotopic (exact) mass is 564 g/mol. The maximum Gasteiger partial charge on any atom is 0.307 e. The van der Waals surface area contributed by atoms with Crippen LogP contribution in [0.2, 0.25) is 10.0 Å². The number of fused-ring (bicyclic) bond motifs is 1. The molecule has 4 rings (SSSR count). The van der Waals surface area contributed by atoms with Gasteiger partial charge in [-0.1, -0.05) is 47.5 Å². The highest BCUT2D eigenvalue weighted by Crippen LogP contribution is 2.26. The van der Waals surface area contributed by atoms with Crippen LogP contribution in [0.15, 0.2) is 76.2 Å². The summed E-state index contributed by atoms with van der Waals surface area (Å²) in [5.41, 5.74) is 4.87. The first-order chi connectivity index (χ1) is 15.0. The standard InChI is InChI=1S/C23H15Cl2IN2O3/c24-17-7-5-15(9-18(17)25)13-30-21-8-6-14(10-19(21)26)12-27-28-23(29)22-11-16-3-1-2-4-20(16)31-22/h1-12H,13H2,(H,28,29)/b27-12+. The van der Waals surface area contributed by atoms with Gasteiger partial charge in [0.25, 0.3) is 0 Å². The molecule has 1 amide bonds. The van der Waals surface area contributed by atoms with Crippen molar-refractivity contribution in [1.82, 2.24) is 5.43 Å². The van der Waals surface area contributed by atoms with E-state index in [2.05, 4.69) is 33.1 Å². The normalized spacial score (nSPS) is 11.2. The molecule has 3 aromatic carbocycles. The first-order valence-corrected chi connectivity index (χ1v) is 11.0. The largest absolute Gasteiger partial charge is 0.488 e. The Labute approximate surface area is 202 Å². The van der Waals surface area contributed by atoms with Crippen LogP contribution in [0, 0.1) is 3.57 Å². The molecule has 0 saturated carbocycles. The van der Waals surface area contributed by atoms with Crippen molar-refractivity contribution in [2.24, 2.45) is 5.10 Å². The van der Waals surface area contributed by atoms with Crippen LogP contribution in [0.1, 0.15) is 21.7 Å². The zero-order valence-corrected chi connectivity index (χ0v) is 19.6. The van der Waals surface area contributed by atoms with E-state index in [-0.39, 0.29) is 5.76 Å². The van der Waals surface area contributed by atoms with E-state index in [1.165, 1.54) is 0 Å². The molecule has 1 N–H and O–H groups in total. The number of ether oxygens (including phenoxy) is 1. The van der Waals surface area contributed by atoms with Crippen LogP contribution in [0.5, 0.6) is 5.75 Å². The van der Waals surface area contributed by atoms with E-state index in [0.29, 0.717) is 22.2 Å². The molecule has 5 nitrogen and oxygen atoms in total. The van der Waals surface area contributed by atoms with Gasteiger partial charge < -0.3 is 9.15 Å².